The van der Waals surface area contributed by atoms with Crippen LogP contribution in [0.5, 0.6) is 0 Å². The van der Waals surface area contributed by atoms with Crippen molar-refractivity contribution in [1.29, 1.82) is 0 Å². The molecule has 5 nitrogen and oxygen atoms in total. The van der Waals surface area contributed by atoms with Gasteiger partial charge in [-0.2, -0.15) is 0 Å². The van der Waals surface area contributed by atoms with E-state index in [0.717, 1.165) is 35.9 Å². The first-order valence-corrected chi connectivity index (χ1v) is 8.84. The molecule has 6 heteroatoms. The van der Waals surface area contributed by atoms with Crippen LogP contribution in [0.1, 0.15) is 47.8 Å². The van der Waals surface area contributed by atoms with Gasteiger partial charge in [-0.05, 0) is 44.0 Å². The summed E-state index contributed by atoms with van der Waals surface area (Å²) < 4.78 is 0. The van der Waals surface area contributed by atoms with Crippen molar-refractivity contribution in [3.05, 3.63) is 45.7 Å². The maximum absolute atomic E-state index is 11.1. The smallest absolute Gasteiger partial charge is 0.217 e. The summed E-state index contributed by atoms with van der Waals surface area (Å²) in [6.45, 7) is 6.06. The number of aromatic nitrogens is 2. The zero-order valence-electron chi connectivity index (χ0n) is 13.6. The lowest BCUT2D eigenvalue weighted by atomic mass is 10.0. The van der Waals surface area contributed by atoms with E-state index in [9.17, 15) is 4.79 Å². The molecule has 0 aromatic carbocycles. The van der Waals surface area contributed by atoms with Crippen molar-refractivity contribution in [1.82, 2.24) is 20.2 Å². The summed E-state index contributed by atoms with van der Waals surface area (Å²) in [6, 6.07) is 4.62. The fraction of sp³-hybridized carbons (Fsp3) is 0.471. The van der Waals surface area contributed by atoms with Crippen molar-refractivity contribution >= 4 is 17.2 Å². The number of amides is 1. The summed E-state index contributed by atoms with van der Waals surface area (Å²) in [5, 5.41) is 6.08. The third-order valence-corrected chi connectivity index (χ3v) is 4.96. The van der Waals surface area contributed by atoms with Gasteiger partial charge in [0.1, 0.15) is 0 Å². The lowest BCUT2D eigenvalue weighted by Gasteiger charge is -2.24. The zero-order valence-corrected chi connectivity index (χ0v) is 14.4. The van der Waals surface area contributed by atoms with Crippen LogP contribution in [0.2, 0.25) is 0 Å². The van der Waals surface area contributed by atoms with Crippen LogP contribution in [-0.4, -0.2) is 27.3 Å². The van der Waals surface area contributed by atoms with Crippen molar-refractivity contribution in [3.63, 3.8) is 0 Å². The van der Waals surface area contributed by atoms with E-state index in [1.54, 1.807) is 11.3 Å². The second kappa shape index (κ2) is 7.19. The highest BCUT2D eigenvalue weighted by atomic mass is 32.1. The van der Waals surface area contributed by atoms with E-state index in [1.165, 1.54) is 18.9 Å². The van der Waals surface area contributed by atoms with Gasteiger partial charge < -0.3 is 5.32 Å². The maximum Gasteiger partial charge on any atom is 0.217 e. The average molecular weight is 330 g/mol. The van der Waals surface area contributed by atoms with Gasteiger partial charge in [0.25, 0.3) is 0 Å². The third-order valence-electron chi connectivity index (χ3n) is 4.14. The van der Waals surface area contributed by atoms with E-state index in [-0.39, 0.29) is 5.91 Å². The first-order valence-electron chi connectivity index (χ1n) is 7.96. The van der Waals surface area contributed by atoms with Crippen LogP contribution in [-0.2, 0) is 17.9 Å². The molecule has 0 spiro atoms. The summed E-state index contributed by atoms with van der Waals surface area (Å²) in [4.78, 5) is 22.5. The van der Waals surface area contributed by atoms with Crippen LogP contribution in [0.4, 0.5) is 0 Å². The quantitative estimate of drug-likeness (QED) is 0.916. The van der Waals surface area contributed by atoms with Gasteiger partial charge in [-0.3, -0.25) is 14.7 Å². The topological polar surface area (TPSA) is 58.1 Å². The number of carbonyl (C=O) groups excluding carboxylic acids is 1. The number of likely N-dealkylation sites (tertiary alicyclic amines) is 1. The molecular weight excluding hydrogens is 308 g/mol. The second-order valence-corrected chi connectivity index (χ2v) is 7.04. The molecule has 0 saturated carbocycles. The van der Waals surface area contributed by atoms with Gasteiger partial charge in [-0.1, -0.05) is 0 Å². The number of rotatable bonds is 5. The number of aryl methyl sites for hydroxylation is 1. The molecule has 0 unspecified atom stereocenters. The standard InChI is InChI=1S/C17H22N4OS/c1-12(22)19-9-15-8-14(5-6-18-15)17-4-3-7-21(17)10-16-11-23-13(2)20-16/h5-6,8,11,17H,3-4,7,9-10H2,1-2H3,(H,19,22)/t17-/m0/s1. The molecule has 0 aliphatic carbocycles. The Morgan fingerprint density at radius 1 is 1.48 bits per heavy atom. The summed E-state index contributed by atoms with van der Waals surface area (Å²) >= 11 is 1.71. The van der Waals surface area contributed by atoms with E-state index in [0.29, 0.717) is 12.6 Å². The number of hydrogen-bond acceptors (Lipinski definition) is 5. The minimum atomic E-state index is -0.0291. The number of hydrogen-bond donors (Lipinski definition) is 1. The maximum atomic E-state index is 11.1. The minimum absolute atomic E-state index is 0.0291. The predicted molar refractivity (Wildman–Crippen MR) is 91.0 cm³/mol. The monoisotopic (exact) mass is 330 g/mol. The van der Waals surface area contributed by atoms with Gasteiger partial charge in [0.15, 0.2) is 0 Å². The number of carbonyl (C=O) groups is 1. The molecule has 23 heavy (non-hydrogen) atoms. The first kappa shape index (κ1) is 16.1. The lowest BCUT2D eigenvalue weighted by molar-refractivity contribution is -0.119. The fourth-order valence-corrected chi connectivity index (χ4v) is 3.70. The predicted octanol–water partition coefficient (Wildman–Crippen LogP) is 2.82. The summed E-state index contributed by atoms with van der Waals surface area (Å²) in [5.41, 5.74) is 3.35. The molecule has 122 valence electrons. The molecule has 0 radical (unpaired) electrons. The molecule has 1 fully saturated rings. The first-order chi connectivity index (χ1) is 11.1. The van der Waals surface area contributed by atoms with Crippen LogP contribution < -0.4 is 5.32 Å². The van der Waals surface area contributed by atoms with Crippen LogP contribution >= 0.6 is 11.3 Å². The van der Waals surface area contributed by atoms with E-state index < -0.39 is 0 Å². The van der Waals surface area contributed by atoms with Crippen molar-refractivity contribution in [2.45, 2.75) is 45.8 Å². The van der Waals surface area contributed by atoms with E-state index in [2.05, 4.69) is 37.7 Å². The van der Waals surface area contributed by atoms with Gasteiger partial charge >= 0.3 is 0 Å². The Labute approximate surface area is 140 Å². The van der Waals surface area contributed by atoms with Crippen molar-refractivity contribution in [3.8, 4) is 0 Å². The number of nitrogens with one attached hydrogen (secondary N) is 1. The molecule has 1 saturated heterocycles. The van der Waals surface area contributed by atoms with Crippen molar-refractivity contribution in [2.75, 3.05) is 6.54 Å². The SMILES string of the molecule is CC(=O)NCc1cc([C@@H]2CCCN2Cc2csc(C)n2)ccn1. The molecule has 2 aromatic rings. The number of thiazole rings is 1. The van der Waals surface area contributed by atoms with Crippen LogP contribution in [0.15, 0.2) is 23.7 Å². The Morgan fingerprint density at radius 3 is 3.09 bits per heavy atom. The molecule has 1 aliphatic heterocycles. The summed E-state index contributed by atoms with van der Waals surface area (Å²) in [7, 11) is 0. The molecule has 3 rings (SSSR count). The normalized spacial score (nSPS) is 18.3. The van der Waals surface area contributed by atoms with Gasteiger partial charge in [-0.15, -0.1) is 11.3 Å². The van der Waals surface area contributed by atoms with Gasteiger partial charge in [0, 0.05) is 31.1 Å². The molecule has 0 bridgehead atoms. The molecule has 1 atom stereocenters. The van der Waals surface area contributed by atoms with E-state index >= 15 is 0 Å². The van der Waals surface area contributed by atoms with Crippen molar-refractivity contribution in [2.24, 2.45) is 0 Å². The zero-order chi connectivity index (χ0) is 16.2. The Kier molecular flexibility index (Phi) is 5.03. The molecule has 1 aliphatic rings. The Morgan fingerprint density at radius 2 is 2.35 bits per heavy atom. The summed E-state index contributed by atoms with van der Waals surface area (Å²) in [6.07, 6.45) is 4.21. The van der Waals surface area contributed by atoms with Crippen LogP contribution in [0.3, 0.4) is 0 Å². The summed E-state index contributed by atoms with van der Waals surface area (Å²) in [5.74, 6) is -0.0291. The van der Waals surface area contributed by atoms with Gasteiger partial charge in [-0.25, -0.2) is 4.98 Å². The average Bonchev–Trinajstić information content (AvgIpc) is 3.15. The van der Waals surface area contributed by atoms with E-state index in [1.807, 2.05) is 13.1 Å². The van der Waals surface area contributed by atoms with Crippen molar-refractivity contribution < 1.29 is 4.79 Å². The highest BCUT2D eigenvalue weighted by Gasteiger charge is 2.26. The van der Waals surface area contributed by atoms with Gasteiger partial charge in [0.2, 0.25) is 5.91 Å². The van der Waals surface area contributed by atoms with E-state index in [4.69, 9.17) is 0 Å². The van der Waals surface area contributed by atoms with Crippen LogP contribution in [0, 0.1) is 6.92 Å². The largest absolute Gasteiger partial charge is 0.351 e. The molecule has 3 heterocycles. The minimum Gasteiger partial charge on any atom is -0.351 e. The highest BCUT2D eigenvalue weighted by Crippen LogP contribution is 2.33. The second-order valence-electron chi connectivity index (χ2n) is 5.98. The van der Waals surface area contributed by atoms with Crippen LogP contribution in [0.25, 0.3) is 0 Å². The molecule has 1 N–H and O–H groups in total. The lowest BCUT2D eigenvalue weighted by Crippen LogP contribution is -2.24. The fourth-order valence-electron chi connectivity index (χ4n) is 3.10. The molecule has 1 amide bonds. The molecule has 2 aromatic heterocycles. The Hall–Kier alpha value is -1.79. The number of pyridine rings is 1. The highest BCUT2D eigenvalue weighted by molar-refractivity contribution is 7.09. The third kappa shape index (κ3) is 4.14. The Bertz CT molecular complexity index is 685. The Balaban J connectivity index is 1.71. The number of nitrogens with zero attached hydrogens (tertiary/aromatic N) is 3. The van der Waals surface area contributed by atoms with Gasteiger partial charge in [0.05, 0.1) is 22.9 Å². The molecular formula is C17H22N4OS.